The summed E-state index contributed by atoms with van der Waals surface area (Å²) in [5, 5.41) is 0. The smallest absolute Gasteiger partial charge is 0.338 e. The number of hydrogen-bond acceptors (Lipinski definition) is 5. The molecular formula is C18H24N2O5S. The van der Waals surface area contributed by atoms with Crippen molar-refractivity contribution in [3.63, 3.8) is 0 Å². The normalized spacial score (nSPS) is 19.5. The van der Waals surface area contributed by atoms with Crippen molar-refractivity contribution in [3.05, 3.63) is 29.8 Å². The quantitative estimate of drug-likeness (QED) is 0.725. The summed E-state index contributed by atoms with van der Waals surface area (Å²) in [5.74, 6) is -0.903. The third kappa shape index (κ3) is 3.91. The molecule has 0 spiro atoms. The number of ether oxygens (including phenoxy) is 1. The van der Waals surface area contributed by atoms with Gasteiger partial charge in [-0.1, -0.05) is 6.07 Å². The van der Waals surface area contributed by atoms with Gasteiger partial charge in [-0.15, -0.1) is 0 Å². The van der Waals surface area contributed by atoms with Crippen molar-refractivity contribution in [1.82, 2.24) is 9.21 Å². The summed E-state index contributed by atoms with van der Waals surface area (Å²) < 4.78 is 31.9. The number of nitrogens with zero attached hydrogens (tertiary/aromatic N) is 2. The molecule has 142 valence electrons. The Morgan fingerprint density at radius 2 is 1.65 bits per heavy atom. The van der Waals surface area contributed by atoms with Gasteiger partial charge in [0.15, 0.2) is 6.10 Å². The number of rotatable bonds is 5. The molecule has 1 aromatic rings. The van der Waals surface area contributed by atoms with E-state index in [2.05, 4.69) is 0 Å². The lowest BCUT2D eigenvalue weighted by atomic mass is 10.2. The fourth-order valence-corrected chi connectivity index (χ4v) is 4.90. The lowest BCUT2D eigenvalue weighted by molar-refractivity contribution is -0.138. The lowest BCUT2D eigenvalue weighted by Crippen LogP contribution is -2.38. The topological polar surface area (TPSA) is 84.0 Å². The van der Waals surface area contributed by atoms with Gasteiger partial charge < -0.3 is 9.64 Å². The molecule has 1 amide bonds. The van der Waals surface area contributed by atoms with Crippen LogP contribution in [0, 0.1) is 0 Å². The largest absolute Gasteiger partial charge is 0.449 e. The maximum atomic E-state index is 12.6. The molecule has 2 aliphatic rings. The fourth-order valence-electron chi connectivity index (χ4n) is 3.33. The first-order valence-electron chi connectivity index (χ1n) is 8.99. The monoisotopic (exact) mass is 380 g/mol. The molecule has 0 aliphatic carbocycles. The molecule has 2 fully saturated rings. The molecule has 0 radical (unpaired) electrons. The van der Waals surface area contributed by atoms with Gasteiger partial charge in [-0.3, -0.25) is 4.79 Å². The highest BCUT2D eigenvalue weighted by Gasteiger charge is 2.29. The Bertz CT molecular complexity index is 781. The molecular weight excluding hydrogens is 356 g/mol. The van der Waals surface area contributed by atoms with E-state index in [0.717, 1.165) is 25.7 Å². The predicted octanol–water partition coefficient (Wildman–Crippen LogP) is 1.64. The van der Waals surface area contributed by atoms with Crippen LogP contribution in [0.3, 0.4) is 0 Å². The highest BCUT2D eigenvalue weighted by molar-refractivity contribution is 7.89. The van der Waals surface area contributed by atoms with E-state index in [0.29, 0.717) is 26.2 Å². The molecule has 0 bridgehead atoms. The van der Waals surface area contributed by atoms with Gasteiger partial charge >= 0.3 is 5.97 Å². The summed E-state index contributed by atoms with van der Waals surface area (Å²) >= 11 is 0. The minimum atomic E-state index is -3.60. The summed E-state index contributed by atoms with van der Waals surface area (Å²) in [4.78, 5) is 26.4. The number of amides is 1. The Morgan fingerprint density at radius 3 is 2.31 bits per heavy atom. The van der Waals surface area contributed by atoms with Crippen LogP contribution in [0.5, 0.6) is 0 Å². The molecule has 0 saturated carbocycles. The van der Waals surface area contributed by atoms with E-state index in [-0.39, 0.29) is 16.4 Å². The molecule has 2 heterocycles. The van der Waals surface area contributed by atoms with Crippen molar-refractivity contribution in [2.24, 2.45) is 0 Å². The van der Waals surface area contributed by atoms with Gasteiger partial charge in [-0.05, 0) is 50.8 Å². The van der Waals surface area contributed by atoms with Gasteiger partial charge in [0.05, 0.1) is 10.5 Å². The standard InChI is InChI=1S/C18H24N2O5S/c1-14(17(21)19-9-2-3-10-19)25-18(22)15-7-6-8-16(13-15)26(23,24)20-11-4-5-12-20/h6-8,13-14H,2-5,9-12H2,1H3. The van der Waals surface area contributed by atoms with E-state index in [1.165, 1.54) is 28.6 Å². The Kier molecular flexibility index (Phi) is 5.62. The average molecular weight is 380 g/mol. The summed E-state index contributed by atoms with van der Waals surface area (Å²) in [6.07, 6.45) is 2.72. The predicted molar refractivity (Wildman–Crippen MR) is 95.1 cm³/mol. The minimum absolute atomic E-state index is 0.0763. The van der Waals surface area contributed by atoms with E-state index in [9.17, 15) is 18.0 Å². The van der Waals surface area contributed by atoms with Crippen LogP contribution in [0.15, 0.2) is 29.2 Å². The third-order valence-corrected chi connectivity index (χ3v) is 6.72. The molecule has 0 N–H and O–H groups in total. The van der Waals surface area contributed by atoms with Gasteiger partial charge in [0.25, 0.3) is 5.91 Å². The zero-order valence-corrected chi connectivity index (χ0v) is 15.7. The number of carbonyl (C=O) groups is 2. The van der Waals surface area contributed by atoms with Gasteiger partial charge in [0, 0.05) is 26.2 Å². The number of carbonyl (C=O) groups excluding carboxylic acids is 2. The van der Waals surface area contributed by atoms with E-state index in [4.69, 9.17) is 4.74 Å². The highest BCUT2D eigenvalue weighted by Crippen LogP contribution is 2.22. The van der Waals surface area contributed by atoms with Crippen molar-refractivity contribution in [3.8, 4) is 0 Å². The van der Waals surface area contributed by atoms with E-state index in [1.807, 2.05) is 0 Å². The molecule has 2 aliphatic heterocycles. The molecule has 0 aromatic heterocycles. The molecule has 7 nitrogen and oxygen atoms in total. The number of hydrogen-bond donors (Lipinski definition) is 0. The van der Waals surface area contributed by atoms with Gasteiger partial charge in [0.1, 0.15) is 0 Å². The zero-order valence-electron chi connectivity index (χ0n) is 14.9. The molecule has 2 saturated heterocycles. The molecule has 1 unspecified atom stereocenters. The van der Waals surface area contributed by atoms with Crippen LogP contribution in [0.1, 0.15) is 43.0 Å². The number of likely N-dealkylation sites (tertiary alicyclic amines) is 1. The Hall–Kier alpha value is -1.93. The summed E-state index contributed by atoms with van der Waals surface area (Å²) in [6.45, 7) is 3.91. The van der Waals surface area contributed by atoms with Crippen LogP contribution in [-0.4, -0.2) is 61.8 Å². The molecule has 1 aromatic carbocycles. The summed E-state index contributed by atoms with van der Waals surface area (Å²) in [7, 11) is -3.60. The molecule has 8 heteroatoms. The van der Waals surface area contributed by atoms with Crippen LogP contribution in [0.25, 0.3) is 0 Å². The lowest BCUT2D eigenvalue weighted by Gasteiger charge is -2.20. The van der Waals surface area contributed by atoms with Crippen molar-refractivity contribution >= 4 is 21.9 Å². The maximum absolute atomic E-state index is 12.6. The summed E-state index contributed by atoms with van der Waals surface area (Å²) in [6, 6.07) is 5.82. The van der Waals surface area contributed by atoms with Crippen molar-refractivity contribution in [2.45, 2.75) is 43.6 Å². The van der Waals surface area contributed by atoms with Crippen molar-refractivity contribution < 1.29 is 22.7 Å². The zero-order chi connectivity index (χ0) is 18.7. The Labute approximate surface area is 154 Å². The molecule has 1 atom stereocenters. The number of sulfonamides is 1. The number of esters is 1. The van der Waals surface area contributed by atoms with Gasteiger partial charge in [0.2, 0.25) is 10.0 Å². The second-order valence-electron chi connectivity index (χ2n) is 6.72. The van der Waals surface area contributed by atoms with E-state index in [1.54, 1.807) is 11.8 Å². The second-order valence-corrected chi connectivity index (χ2v) is 8.66. The summed E-state index contributed by atoms with van der Waals surface area (Å²) in [5.41, 5.74) is 0.131. The first kappa shape index (κ1) is 18.8. The van der Waals surface area contributed by atoms with Crippen LogP contribution in [0.2, 0.25) is 0 Å². The maximum Gasteiger partial charge on any atom is 0.338 e. The van der Waals surface area contributed by atoms with Crippen LogP contribution >= 0.6 is 0 Å². The third-order valence-electron chi connectivity index (χ3n) is 4.82. The van der Waals surface area contributed by atoms with Crippen molar-refractivity contribution in [1.29, 1.82) is 0 Å². The van der Waals surface area contributed by atoms with Crippen LogP contribution < -0.4 is 0 Å². The average Bonchev–Trinajstić information content (AvgIpc) is 3.34. The van der Waals surface area contributed by atoms with Crippen LogP contribution in [-0.2, 0) is 19.6 Å². The van der Waals surface area contributed by atoms with Crippen molar-refractivity contribution in [2.75, 3.05) is 26.2 Å². The van der Waals surface area contributed by atoms with E-state index >= 15 is 0 Å². The minimum Gasteiger partial charge on any atom is -0.449 e. The Balaban J connectivity index is 1.71. The Morgan fingerprint density at radius 1 is 1.04 bits per heavy atom. The fraction of sp³-hybridized carbons (Fsp3) is 0.556. The SMILES string of the molecule is CC(OC(=O)c1cccc(S(=O)(=O)N2CCCC2)c1)C(=O)N1CCCC1. The first-order chi connectivity index (χ1) is 12.4. The van der Waals surface area contributed by atoms with Crippen LogP contribution in [0.4, 0.5) is 0 Å². The molecule has 26 heavy (non-hydrogen) atoms. The first-order valence-corrected chi connectivity index (χ1v) is 10.4. The molecule has 3 rings (SSSR count). The van der Waals surface area contributed by atoms with Gasteiger partial charge in [-0.25, -0.2) is 13.2 Å². The second kappa shape index (κ2) is 7.75. The van der Waals surface area contributed by atoms with Gasteiger partial charge in [-0.2, -0.15) is 4.31 Å². The number of benzene rings is 1. The highest BCUT2D eigenvalue weighted by atomic mass is 32.2. The van der Waals surface area contributed by atoms with E-state index < -0.39 is 22.1 Å².